The predicted molar refractivity (Wildman–Crippen MR) is 100 cm³/mol. The number of para-hydroxylation sites is 4. The van der Waals surface area contributed by atoms with Crippen molar-refractivity contribution in [1.29, 1.82) is 0 Å². The van der Waals surface area contributed by atoms with Crippen LogP contribution in [0, 0.1) is 0 Å². The second-order valence-corrected chi connectivity index (χ2v) is 5.89. The number of nitrogens with one attached hydrogen (secondary N) is 1. The quantitative estimate of drug-likeness (QED) is 0.676. The second kappa shape index (κ2) is 8.38. The van der Waals surface area contributed by atoms with Crippen molar-refractivity contribution in [3.05, 3.63) is 54.4 Å². The first kappa shape index (κ1) is 17.8. The molecule has 0 saturated heterocycles. The van der Waals surface area contributed by atoms with Gasteiger partial charge in [0.15, 0.2) is 11.5 Å². The van der Waals surface area contributed by atoms with Crippen LogP contribution in [-0.4, -0.2) is 29.1 Å². The molecule has 0 aliphatic heterocycles. The third-order valence-corrected chi connectivity index (χ3v) is 4.03. The zero-order valence-electron chi connectivity index (χ0n) is 15.1. The third kappa shape index (κ3) is 3.96. The molecule has 1 amide bonds. The van der Waals surface area contributed by atoms with Crippen molar-refractivity contribution in [2.24, 2.45) is 0 Å². The molecule has 0 bridgehead atoms. The highest BCUT2D eigenvalue weighted by Gasteiger charge is 2.14. The van der Waals surface area contributed by atoms with Crippen molar-refractivity contribution in [2.45, 2.75) is 26.5 Å². The molecule has 1 aromatic heterocycles. The molecule has 136 valence electrons. The molecule has 3 rings (SSSR count). The SMILES string of the molecule is CCCNC(=O)Cn1c(COc2ccccc2OC)nc2ccccc21. The number of nitrogens with zero attached hydrogens (tertiary/aromatic N) is 2. The molecule has 0 radical (unpaired) electrons. The molecule has 2 aromatic carbocycles. The highest BCUT2D eigenvalue weighted by atomic mass is 16.5. The Morgan fingerprint density at radius 1 is 1.12 bits per heavy atom. The number of benzene rings is 2. The fraction of sp³-hybridized carbons (Fsp3) is 0.300. The van der Waals surface area contributed by atoms with E-state index < -0.39 is 0 Å². The number of carbonyl (C=O) groups excluding carboxylic acids is 1. The number of imidazole rings is 1. The van der Waals surface area contributed by atoms with Crippen molar-refractivity contribution in [1.82, 2.24) is 14.9 Å². The standard InChI is InChI=1S/C20H23N3O3/c1-3-12-21-20(24)13-23-16-9-5-4-8-15(16)22-19(23)14-26-18-11-7-6-10-17(18)25-2/h4-11H,3,12-14H2,1-2H3,(H,21,24). The van der Waals surface area contributed by atoms with Crippen LogP contribution in [0.25, 0.3) is 11.0 Å². The van der Waals surface area contributed by atoms with E-state index in [1.54, 1.807) is 7.11 Å². The van der Waals surface area contributed by atoms with Gasteiger partial charge in [-0.05, 0) is 30.7 Å². The molecule has 0 saturated carbocycles. The zero-order chi connectivity index (χ0) is 18.4. The molecular formula is C20H23N3O3. The number of rotatable bonds is 8. The monoisotopic (exact) mass is 353 g/mol. The average Bonchev–Trinajstić information content (AvgIpc) is 3.02. The number of hydrogen-bond donors (Lipinski definition) is 1. The molecule has 26 heavy (non-hydrogen) atoms. The van der Waals surface area contributed by atoms with Crippen LogP contribution < -0.4 is 14.8 Å². The lowest BCUT2D eigenvalue weighted by atomic mass is 10.3. The lowest BCUT2D eigenvalue weighted by Crippen LogP contribution is -2.28. The Kier molecular flexibility index (Phi) is 5.73. The largest absolute Gasteiger partial charge is 0.493 e. The molecule has 0 unspecified atom stereocenters. The normalized spacial score (nSPS) is 10.7. The molecular weight excluding hydrogens is 330 g/mol. The van der Waals surface area contributed by atoms with E-state index in [1.165, 1.54) is 0 Å². The zero-order valence-corrected chi connectivity index (χ0v) is 15.1. The molecule has 0 fully saturated rings. The van der Waals surface area contributed by atoms with E-state index in [-0.39, 0.29) is 19.1 Å². The van der Waals surface area contributed by atoms with Gasteiger partial charge in [0.05, 0.1) is 18.1 Å². The van der Waals surface area contributed by atoms with Gasteiger partial charge < -0.3 is 19.4 Å². The third-order valence-electron chi connectivity index (χ3n) is 4.03. The topological polar surface area (TPSA) is 65.4 Å². The van der Waals surface area contributed by atoms with E-state index in [9.17, 15) is 4.79 Å². The highest BCUT2D eigenvalue weighted by molar-refractivity contribution is 5.81. The number of aromatic nitrogens is 2. The van der Waals surface area contributed by atoms with E-state index in [0.29, 0.717) is 23.9 Å². The Hall–Kier alpha value is -3.02. The van der Waals surface area contributed by atoms with Gasteiger partial charge in [0.2, 0.25) is 5.91 Å². The van der Waals surface area contributed by atoms with Crippen LogP contribution in [-0.2, 0) is 17.9 Å². The van der Waals surface area contributed by atoms with Gasteiger partial charge in [-0.25, -0.2) is 4.98 Å². The predicted octanol–water partition coefficient (Wildman–Crippen LogP) is 3.15. The van der Waals surface area contributed by atoms with E-state index in [1.807, 2.05) is 60.0 Å². The van der Waals surface area contributed by atoms with Crippen molar-refractivity contribution in [3.63, 3.8) is 0 Å². The summed E-state index contributed by atoms with van der Waals surface area (Å²) in [6.07, 6.45) is 0.903. The average molecular weight is 353 g/mol. The lowest BCUT2D eigenvalue weighted by Gasteiger charge is -2.12. The number of methoxy groups -OCH3 is 1. The van der Waals surface area contributed by atoms with Crippen LogP contribution in [0.5, 0.6) is 11.5 Å². The van der Waals surface area contributed by atoms with Crippen LogP contribution in [0.4, 0.5) is 0 Å². The summed E-state index contributed by atoms with van der Waals surface area (Å²) in [5, 5.41) is 2.91. The molecule has 0 atom stereocenters. The number of carbonyl (C=O) groups is 1. The number of amides is 1. The summed E-state index contributed by atoms with van der Waals surface area (Å²) in [4.78, 5) is 16.9. The van der Waals surface area contributed by atoms with Gasteiger partial charge in [0, 0.05) is 6.54 Å². The van der Waals surface area contributed by atoms with Gasteiger partial charge in [-0.3, -0.25) is 4.79 Å². The van der Waals surface area contributed by atoms with Gasteiger partial charge in [-0.2, -0.15) is 0 Å². The van der Waals surface area contributed by atoms with Crippen molar-refractivity contribution >= 4 is 16.9 Å². The Bertz CT molecular complexity index is 889. The fourth-order valence-corrected chi connectivity index (χ4v) is 2.76. The molecule has 3 aromatic rings. The number of ether oxygens (including phenoxy) is 2. The maximum atomic E-state index is 12.2. The first-order chi connectivity index (χ1) is 12.7. The fourth-order valence-electron chi connectivity index (χ4n) is 2.76. The summed E-state index contributed by atoms with van der Waals surface area (Å²) in [5.41, 5.74) is 1.76. The smallest absolute Gasteiger partial charge is 0.240 e. The molecule has 0 spiro atoms. The lowest BCUT2D eigenvalue weighted by molar-refractivity contribution is -0.121. The van der Waals surface area contributed by atoms with E-state index >= 15 is 0 Å². The number of hydrogen-bond acceptors (Lipinski definition) is 4. The highest BCUT2D eigenvalue weighted by Crippen LogP contribution is 2.27. The van der Waals surface area contributed by atoms with Crippen LogP contribution >= 0.6 is 0 Å². The van der Waals surface area contributed by atoms with Crippen LogP contribution in [0.3, 0.4) is 0 Å². The Morgan fingerprint density at radius 2 is 1.85 bits per heavy atom. The van der Waals surface area contributed by atoms with E-state index in [4.69, 9.17) is 9.47 Å². The Morgan fingerprint density at radius 3 is 2.62 bits per heavy atom. The molecule has 6 nitrogen and oxygen atoms in total. The summed E-state index contributed by atoms with van der Waals surface area (Å²) in [5.74, 6) is 1.97. The summed E-state index contributed by atoms with van der Waals surface area (Å²) >= 11 is 0. The van der Waals surface area contributed by atoms with Gasteiger partial charge in [-0.1, -0.05) is 31.2 Å². The molecule has 0 aliphatic carbocycles. The molecule has 1 heterocycles. The first-order valence-electron chi connectivity index (χ1n) is 8.69. The van der Waals surface area contributed by atoms with Crippen LogP contribution in [0.2, 0.25) is 0 Å². The van der Waals surface area contributed by atoms with Gasteiger partial charge in [0.1, 0.15) is 19.0 Å². The summed E-state index contributed by atoms with van der Waals surface area (Å²) < 4.78 is 13.1. The van der Waals surface area contributed by atoms with Gasteiger partial charge >= 0.3 is 0 Å². The van der Waals surface area contributed by atoms with Crippen LogP contribution in [0.1, 0.15) is 19.2 Å². The molecule has 1 N–H and O–H groups in total. The van der Waals surface area contributed by atoms with Gasteiger partial charge in [0.25, 0.3) is 0 Å². The molecule has 6 heteroatoms. The molecule has 0 aliphatic rings. The van der Waals surface area contributed by atoms with Crippen LogP contribution in [0.15, 0.2) is 48.5 Å². The summed E-state index contributed by atoms with van der Waals surface area (Å²) in [6, 6.07) is 15.2. The number of fused-ring (bicyclic) bond motifs is 1. The van der Waals surface area contributed by atoms with Crippen molar-refractivity contribution in [3.8, 4) is 11.5 Å². The minimum absolute atomic E-state index is 0.0338. The second-order valence-electron chi connectivity index (χ2n) is 5.89. The van der Waals surface area contributed by atoms with Gasteiger partial charge in [-0.15, -0.1) is 0 Å². The Balaban J connectivity index is 1.85. The summed E-state index contributed by atoms with van der Waals surface area (Å²) in [6.45, 7) is 3.15. The minimum Gasteiger partial charge on any atom is -0.493 e. The Labute approximate surface area is 152 Å². The minimum atomic E-state index is -0.0338. The van der Waals surface area contributed by atoms with Crippen molar-refractivity contribution < 1.29 is 14.3 Å². The van der Waals surface area contributed by atoms with E-state index in [0.717, 1.165) is 17.5 Å². The van der Waals surface area contributed by atoms with E-state index in [2.05, 4.69) is 10.3 Å². The van der Waals surface area contributed by atoms with Crippen molar-refractivity contribution in [2.75, 3.05) is 13.7 Å². The maximum absolute atomic E-state index is 12.2. The summed E-state index contributed by atoms with van der Waals surface area (Å²) in [7, 11) is 1.61. The maximum Gasteiger partial charge on any atom is 0.240 e. The first-order valence-corrected chi connectivity index (χ1v) is 8.69.